The van der Waals surface area contributed by atoms with Gasteiger partial charge in [-0.05, 0) is 55.6 Å². The molecule has 0 radical (unpaired) electrons. The summed E-state index contributed by atoms with van der Waals surface area (Å²) in [6.07, 6.45) is 0.113. The number of carbonyl (C=O) groups excluding carboxylic acids is 1. The van der Waals surface area contributed by atoms with Gasteiger partial charge in [0.05, 0.1) is 23.2 Å². The molecule has 0 unspecified atom stereocenters. The van der Waals surface area contributed by atoms with Crippen LogP contribution in [0.15, 0.2) is 47.8 Å². The molecule has 0 aliphatic heterocycles. The third kappa shape index (κ3) is 4.28. The Kier molecular flexibility index (Phi) is 5.19. The first kappa shape index (κ1) is 17.2. The first-order chi connectivity index (χ1) is 12.0. The molecule has 0 spiro atoms. The summed E-state index contributed by atoms with van der Waals surface area (Å²) in [7, 11) is 1.89. The van der Waals surface area contributed by atoms with Crippen molar-refractivity contribution >= 4 is 17.2 Å². The quantitative estimate of drug-likeness (QED) is 0.730. The molecule has 25 heavy (non-hydrogen) atoms. The molecule has 0 bridgehead atoms. The maximum absolute atomic E-state index is 12.3. The van der Waals surface area contributed by atoms with Gasteiger partial charge < -0.3 is 10.1 Å². The van der Waals surface area contributed by atoms with E-state index in [4.69, 9.17) is 4.74 Å². The van der Waals surface area contributed by atoms with Gasteiger partial charge in [0, 0.05) is 12.6 Å². The summed E-state index contributed by atoms with van der Waals surface area (Å²) >= 11 is 1.65. The molecule has 2 heterocycles. The summed E-state index contributed by atoms with van der Waals surface area (Å²) in [5, 5.41) is 9.47. The Hall–Kier alpha value is -2.60. The zero-order chi connectivity index (χ0) is 17.8. The fourth-order valence-corrected chi connectivity index (χ4v) is 3.13. The van der Waals surface area contributed by atoms with E-state index in [-0.39, 0.29) is 12.0 Å². The molecule has 0 fully saturated rings. The molecule has 3 rings (SSSR count). The molecule has 130 valence electrons. The minimum Gasteiger partial charge on any atom is -0.491 e. The van der Waals surface area contributed by atoms with Crippen LogP contribution >= 0.6 is 11.3 Å². The van der Waals surface area contributed by atoms with Crippen molar-refractivity contribution in [1.29, 1.82) is 0 Å². The van der Waals surface area contributed by atoms with Crippen LogP contribution in [0.3, 0.4) is 0 Å². The molecule has 0 saturated heterocycles. The Balaban J connectivity index is 1.62. The Morgan fingerprint density at radius 1 is 1.28 bits per heavy atom. The van der Waals surface area contributed by atoms with Gasteiger partial charge >= 0.3 is 0 Å². The highest BCUT2D eigenvalue weighted by atomic mass is 32.1. The van der Waals surface area contributed by atoms with E-state index in [1.165, 1.54) is 0 Å². The van der Waals surface area contributed by atoms with Gasteiger partial charge in [-0.25, -0.2) is 0 Å². The molecular weight excluding hydrogens is 334 g/mol. The smallest absolute Gasteiger partial charge is 0.251 e. The second-order valence-electron chi connectivity index (χ2n) is 6.00. The standard InChI is InChI=1S/C19H21N3O2S/c1-13(2)24-16-8-6-14(7-9-16)19(23)20-12-15-11-17(21-22(15)3)18-5-4-10-25-18/h4-11,13H,12H2,1-3H3,(H,20,23). The fraction of sp³-hybridized carbons (Fsp3) is 0.263. The number of nitrogens with zero attached hydrogens (tertiary/aromatic N) is 2. The van der Waals surface area contributed by atoms with Crippen LogP contribution in [0.5, 0.6) is 5.75 Å². The normalized spacial score (nSPS) is 10.9. The lowest BCUT2D eigenvalue weighted by Crippen LogP contribution is -2.24. The molecule has 1 aromatic carbocycles. The third-order valence-corrected chi connectivity index (χ3v) is 4.56. The van der Waals surface area contributed by atoms with Gasteiger partial charge in [-0.2, -0.15) is 5.10 Å². The predicted molar refractivity (Wildman–Crippen MR) is 99.9 cm³/mol. The highest BCUT2D eigenvalue weighted by molar-refractivity contribution is 7.13. The minimum atomic E-state index is -0.116. The first-order valence-electron chi connectivity index (χ1n) is 8.14. The molecule has 6 heteroatoms. The van der Waals surface area contributed by atoms with E-state index in [0.29, 0.717) is 12.1 Å². The van der Waals surface area contributed by atoms with E-state index >= 15 is 0 Å². The molecule has 3 aromatic rings. The predicted octanol–water partition coefficient (Wildman–Crippen LogP) is 3.87. The van der Waals surface area contributed by atoms with Crippen LogP contribution in [-0.4, -0.2) is 21.8 Å². The number of thiophene rings is 1. The number of ether oxygens (including phenoxy) is 1. The second kappa shape index (κ2) is 7.53. The van der Waals surface area contributed by atoms with Gasteiger partial charge in [0.25, 0.3) is 5.91 Å². The number of rotatable bonds is 6. The Bertz CT molecular complexity index is 836. The van der Waals surface area contributed by atoms with Gasteiger partial charge in [-0.1, -0.05) is 6.07 Å². The van der Waals surface area contributed by atoms with Crippen molar-refractivity contribution in [3.05, 3.63) is 59.1 Å². The van der Waals surface area contributed by atoms with Gasteiger partial charge in [0.15, 0.2) is 0 Å². The summed E-state index contributed by atoms with van der Waals surface area (Å²) in [6, 6.07) is 13.2. The number of nitrogens with one attached hydrogen (secondary N) is 1. The number of aromatic nitrogens is 2. The van der Waals surface area contributed by atoms with E-state index in [1.807, 2.05) is 56.6 Å². The molecule has 1 amide bonds. The average Bonchev–Trinajstić information content (AvgIpc) is 3.22. The summed E-state index contributed by atoms with van der Waals surface area (Å²) in [5.74, 6) is 0.647. The summed E-state index contributed by atoms with van der Waals surface area (Å²) < 4.78 is 7.39. The van der Waals surface area contributed by atoms with Crippen LogP contribution in [0.1, 0.15) is 29.9 Å². The van der Waals surface area contributed by atoms with Crippen LogP contribution in [0, 0.1) is 0 Å². The number of hydrogen-bond donors (Lipinski definition) is 1. The lowest BCUT2D eigenvalue weighted by molar-refractivity contribution is 0.0950. The largest absolute Gasteiger partial charge is 0.491 e. The van der Waals surface area contributed by atoms with Crippen LogP contribution in [0.2, 0.25) is 0 Å². The van der Waals surface area contributed by atoms with E-state index in [0.717, 1.165) is 22.0 Å². The van der Waals surface area contributed by atoms with E-state index < -0.39 is 0 Å². The van der Waals surface area contributed by atoms with Gasteiger partial charge in [-0.15, -0.1) is 11.3 Å². The minimum absolute atomic E-state index is 0.113. The molecule has 0 aliphatic rings. The zero-order valence-electron chi connectivity index (χ0n) is 14.5. The molecule has 0 aliphatic carbocycles. The highest BCUT2D eigenvalue weighted by Crippen LogP contribution is 2.23. The molecular formula is C19H21N3O2S. The Morgan fingerprint density at radius 2 is 2.04 bits per heavy atom. The number of carbonyl (C=O) groups is 1. The second-order valence-corrected chi connectivity index (χ2v) is 6.94. The topological polar surface area (TPSA) is 56.1 Å². The van der Waals surface area contributed by atoms with Crippen molar-refractivity contribution < 1.29 is 9.53 Å². The van der Waals surface area contributed by atoms with Crippen LogP contribution in [0.4, 0.5) is 0 Å². The maximum Gasteiger partial charge on any atom is 0.251 e. The molecule has 2 aromatic heterocycles. The lowest BCUT2D eigenvalue weighted by atomic mass is 10.2. The Morgan fingerprint density at radius 3 is 2.68 bits per heavy atom. The lowest BCUT2D eigenvalue weighted by Gasteiger charge is -2.10. The summed E-state index contributed by atoms with van der Waals surface area (Å²) in [6.45, 7) is 4.37. The van der Waals surface area contributed by atoms with Crippen molar-refractivity contribution in [2.75, 3.05) is 0 Å². The van der Waals surface area contributed by atoms with Gasteiger partial charge in [0.1, 0.15) is 11.4 Å². The highest BCUT2D eigenvalue weighted by Gasteiger charge is 2.11. The van der Waals surface area contributed by atoms with Crippen molar-refractivity contribution in [1.82, 2.24) is 15.1 Å². The van der Waals surface area contributed by atoms with Crippen molar-refractivity contribution in [3.63, 3.8) is 0 Å². The first-order valence-corrected chi connectivity index (χ1v) is 9.02. The average molecular weight is 355 g/mol. The third-order valence-electron chi connectivity index (χ3n) is 3.67. The SMILES string of the molecule is CC(C)Oc1ccc(C(=O)NCc2cc(-c3cccs3)nn2C)cc1. The van der Waals surface area contributed by atoms with Crippen molar-refractivity contribution in [3.8, 4) is 16.3 Å². The van der Waals surface area contributed by atoms with E-state index in [2.05, 4.69) is 10.4 Å². The zero-order valence-corrected chi connectivity index (χ0v) is 15.3. The van der Waals surface area contributed by atoms with E-state index in [1.54, 1.807) is 28.2 Å². The van der Waals surface area contributed by atoms with Crippen LogP contribution < -0.4 is 10.1 Å². The van der Waals surface area contributed by atoms with Crippen LogP contribution in [0.25, 0.3) is 10.6 Å². The molecule has 1 N–H and O–H groups in total. The Labute approximate surface area is 151 Å². The molecule has 0 saturated carbocycles. The van der Waals surface area contributed by atoms with Crippen molar-refractivity contribution in [2.24, 2.45) is 7.05 Å². The fourth-order valence-electron chi connectivity index (χ4n) is 2.45. The molecule has 0 atom stereocenters. The summed E-state index contributed by atoms with van der Waals surface area (Å²) in [5.41, 5.74) is 2.49. The number of benzene rings is 1. The van der Waals surface area contributed by atoms with E-state index in [9.17, 15) is 4.79 Å². The number of aryl methyl sites for hydroxylation is 1. The summed E-state index contributed by atoms with van der Waals surface area (Å²) in [4.78, 5) is 13.4. The van der Waals surface area contributed by atoms with Crippen molar-refractivity contribution in [2.45, 2.75) is 26.5 Å². The number of hydrogen-bond acceptors (Lipinski definition) is 4. The van der Waals surface area contributed by atoms with Gasteiger partial charge in [-0.3, -0.25) is 9.48 Å². The van der Waals surface area contributed by atoms with Crippen LogP contribution in [-0.2, 0) is 13.6 Å². The monoisotopic (exact) mass is 355 g/mol. The molecule has 5 nitrogen and oxygen atoms in total. The van der Waals surface area contributed by atoms with Gasteiger partial charge in [0.2, 0.25) is 0 Å². The number of amides is 1. The maximum atomic E-state index is 12.3.